The molecule has 0 aliphatic heterocycles. The summed E-state index contributed by atoms with van der Waals surface area (Å²) in [5, 5.41) is 7.66. The van der Waals surface area contributed by atoms with E-state index in [2.05, 4.69) is 14.9 Å². The van der Waals surface area contributed by atoms with Crippen molar-refractivity contribution in [2.75, 3.05) is 7.11 Å². The predicted octanol–water partition coefficient (Wildman–Crippen LogP) is 3.11. The summed E-state index contributed by atoms with van der Waals surface area (Å²) in [5.41, 5.74) is 0.747. The molecule has 0 aliphatic rings. The number of halogens is 2. The maximum atomic E-state index is 13.0. The van der Waals surface area contributed by atoms with Crippen molar-refractivity contribution in [3.8, 4) is 11.6 Å². The standard InChI is InChI=1S/C13H10FIN2O3/c1-7-5-8(14)3-4-10(7)20-12-9(13(18)19-2)6-11(15)16-17-12/h3-6H,1-2H3. The number of aromatic nitrogens is 2. The van der Waals surface area contributed by atoms with Crippen LogP contribution in [0.3, 0.4) is 0 Å². The molecular weight excluding hydrogens is 378 g/mol. The van der Waals surface area contributed by atoms with Crippen LogP contribution in [0.5, 0.6) is 11.6 Å². The number of ether oxygens (including phenoxy) is 2. The van der Waals surface area contributed by atoms with Crippen LogP contribution < -0.4 is 4.74 Å². The summed E-state index contributed by atoms with van der Waals surface area (Å²) in [6.45, 7) is 1.69. The topological polar surface area (TPSA) is 61.3 Å². The fraction of sp³-hybridized carbons (Fsp3) is 0.154. The summed E-state index contributed by atoms with van der Waals surface area (Å²) >= 11 is 1.93. The Hall–Kier alpha value is -1.77. The molecular formula is C13H10FIN2O3. The number of rotatable bonds is 3. The van der Waals surface area contributed by atoms with Crippen molar-refractivity contribution in [2.24, 2.45) is 0 Å². The Morgan fingerprint density at radius 1 is 1.30 bits per heavy atom. The van der Waals surface area contributed by atoms with Crippen LogP contribution in [0.25, 0.3) is 0 Å². The highest BCUT2D eigenvalue weighted by Gasteiger charge is 2.17. The maximum Gasteiger partial charge on any atom is 0.343 e. The van der Waals surface area contributed by atoms with Gasteiger partial charge in [0.25, 0.3) is 5.88 Å². The lowest BCUT2D eigenvalue weighted by Crippen LogP contribution is -2.07. The summed E-state index contributed by atoms with van der Waals surface area (Å²) in [6, 6.07) is 5.56. The predicted molar refractivity (Wildman–Crippen MR) is 77.3 cm³/mol. The van der Waals surface area contributed by atoms with Gasteiger partial charge < -0.3 is 9.47 Å². The Morgan fingerprint density at radius 2 is 2.05 bits per heavy atom. The second-order valence-electron chi connectivity index (χ2n) is 3.89. The minimum atomic E-state index is -0.576. The number of benzene rings is 1. The fourth-order valence-corrected chi connectivity index (χ4v) is 1.94. The van der Waals surface area contributed by atoms with Crippen molar-refractivity contribution in [3.05, 3.63) is 44.9 Å². The summed E-state index contributed by atoms with van der Waals surface area (Å²) < 4.78 is 23.8. The SMILES string of the molecule is COC(=O)c1cc(I)nnc1Oc1ccc(F)cc1C. The molecule has 0 fully saturated rings. The first-order valence-corrected chi connectivity index (χ1v) is 6.64. The largest absolute Gasteiger partial charge is 0.465 e. The summed E-state index contributed by atoms with van der Waals surface area (Å²) in [4.78, 5) is 11.7. The quantitative estimate of drug-likeness (QED) is 0.598. The molecule has 2 aromatic rings. The average molecular weight is 388 g/mol. The molecule has 0 saturated carbocycles. The Bertz CT molecular complexity index is 664. The van der Waals surface area contributed by atoms with E-state index in [1.807, 2.05) is 22.6 Å². The minimum Gasteiger partial charge on any atom is -0.465 e. The van der Waals surface area contributed by atoms with Gasteiger partial charge in [0.2, 0.25) is 0 Å². The van der Waals surface area contributed by atoms with Crippen molar-refractivity contribution in [1.82, 2.24) is 10.2 Å². The van der Waals surface area contributed by atoms with Gasteiger partial charge in [-0.3, -0.25) is 0 Å². The third-order valence-corrected chi connectivity index (χ3v) is 3.01. The molecule has 0 radical (unpaired) electrons. The first-order valence-electron chi connectivity index (χ1n) is 5.57. The number of nitrogens with zero attached hydrogens (tertiary/aromatic N) is 2. The van der Waals surface area contributed by atoms with Gasteiger partial charge in [-0.15, -0.1) is 10.2 Å². The Kier molecular flexibility index (Phi) is 4.48. The van der Waals surface area contributed by atoms with E-state index in [1.54, 1.807) is 6.92 Å². The number of carbonyl (C=O) groups excluding carboxylic acids is 1. The molecule has 104 valence electrons. The van der Waals surface area contributed by atoms with Gasteiger partial charge in [-0.2, -0.15) is 0 Å². The highest BCUT2D eigenvalue weighted by Crippen LogP contribution is 2.27. The zero-order chi connectivity index (χ0) is 14.7. The molecule has 0 atom stereocenters. The van der Waals surface area contributed by atoms with E-state index in [9.17, 15) is 9.18 Å². The fourth-order valence-electron chi connectivity index (χ4n) is 1.52. The first-order chi connectivity index (χ1) is 9.51. The zero-order valence-corrected chi connectivity index (χ0v) is 12.8. The lowest BCUT2D eigenvalue weighted by Gasteiger charge is -2.10. The molecule has 20 heavy (non-hydrogen) atoms. The maximum absolute atomic E-state index is 13.0. The third-order valence-electron chi connectivity index (χ3n) is 2.48. The van der Waals surface area contributed by atoms with Gasteiger partial charge in [-0.1, -0.05) is 0 Å². The molecule has 1 heterocycles. The van der Waals surface area contributed by atoms with E-state index in [0.717, 1.165) is 0 Å². The van der Waals surface area contributed by atoms with E-state index < -0.39 is 5.97 Å². The lowest BCUT2D eigenvalue weighted by molar-refractivity contribution is 0.0596. The summed E-state index contributed by atoms with van der Waals surface area (Å²) in [7, 11) is 1.27. The van der Waals surface area contributed by atoms with Crippen LogP contribution >= 0.6 is 22.6 Å². The number of aryl methyl sites for hydroxylation is 1. The van der Waals surface area contributed by atoms with Crippen molar-refractivity contribution in [3.63, 3.8) is 0 Å². The number of hydrogen-bond donors (Lipinski definition) is 0. The van der Waals surface area contributed by atoms with Crippen LogP contribution in [0.1, 0.15) is 15.9 Å². The van der Waals surface area contributed by atoms with E-state index >= 15 is 0 Å². The van der Waals surface area contributed by atoms with Gasteiger partial charge in [0.15, 0.2) is 0 Å². The van der Waals surface area contributed by atoms with Crippen LogP contribution in [-0.2, 0) is 4.74 Å². The highest BCUT2D eigenvalue weighted by atomic mass is 127. The van der Waals surface area contributed by atoms with Crippen molar-refractivity contribution in [2.45, 2.75) is 6.92 Å². The van der Waals surface area contributed by atoms with Crippen LogP contribution in [0.4, 0.5) is 4.39 Å². The van der Waals surface area contributed by atoms with Crippen LogP contribution in [0, 0.1) is 16.4 Å². The van der Waals surface area contributed by atoms with Crippen molar-refractivity contribution in [1.29, 1.82) is 0 Å². The van der Waals surface area contributed by atoms with E-state index in [-0.39, 0.29) is 17.3 Å². The van der Waals surface area contributed by atoms with Gasteiger partial charge >= 0.3 is 5.97 Å². The highest BCUT2D eigenvalue weighted by molar-refractivity contribution is 14.1. The lowest BCUT2D eigenvalue weighted by atomic mass is 10.2. The molecule has 0 spiro atoms. The normalized spacial score (nSPS) is 10.2. The second-order valence-corrected chi connectivity index (χ2v) is 4.99. The number of carbonyl (C=O) groups is 1. The van der Waals surface area contributed by atoms with E-state index in [4.69, 9.17) is 4.74 Å². The van der Waals surface area contributed by atoms with Gasteiger partial charge in [0.05, 0.1) is 7.11 Å². The molecule has 0 aliphatic carbocycles. The monoisotopic (exact) mass is 388 g/mol. The molecule has 1 aromatic carbocycles. The van der Waals surface area contributed by atoms with Gasteiger partial charge in [0.1, 0.15) is 20.8 Å². The van der Waals surface area contributed by atoms with E-state index in [0.29, 0.717) is 15.0 Å². The van der Waals surface area contributed by atoms with E-state index in [1.165, 1.54) is 31.4 Å². The smallest absolute Gasteiger partial charge is 0.343 e. The number of hydrogen-bond acceptors (Lipinski definition) is 5. The summed E-state index contributed by atoms with van der Waals surface area (Å²) in [5.74, 6) is -0.525. The molecule has 0 N–H and O–H groups in total. The minimum absolute atomic E-state index is 0.0203. The molecule has 5 nitrogen and oxygen atoms in total. The molecule has 0 bridgehead atoms. The van der Waals surface area contributed by atoms with Gasteiger partial charge in [0, 0.05) is 0 Å². The van der Waals surface area contributed by atoms with Gasteiger partial charge in [-0.05, 0) is 59.3 Å². The van der Waals surface area contributed by atoms with Crippen molar-refractivity contribution < 1.29 is 18.7 Å². The van der Waals surface area contributed by atoms with Gasteiger partial charge in [-0.25, -0.2) is 9.18 Å². The Labute approximate surface area is 128 Å². The Morgan fingerprint density at radius 3 is 2.70 bits per heavy atom. The van der Waals surface area contributed by atoms with Crippen LogP contribution in [0.15, 0.2) is 24.3 Å². The molecule has 0 amide bonds. The summed E-state index contributed by atoms with van der Waals surface area (Å²) in [6.07, 6.45) is 0. The Balaban J connectivity index is 2.40. The first kappa shape index (κ1) is 14.6. The zero-order valence-electron chi connectivity index (χ0n) is 10.7. The number of esters is 1. The number of methoxy groups -OCH3 is 1. The molecule has 1 aromatic heterocycles. The van der Waals surface area contributed by atoms with Crippen LogP contribution in [-0.4, -0.2) is 23.3 Å². The molecule has 7 heteroatoms. The third kappa shape index (κ3) is 3.21. The molecule has 0 saturated heterocycles. The molecule has 0 unspecified atom stereocenters. The molecule has 2 rings (SSSR count). The van der Waals surface area contributed by atoms with Crippen LogP contribution in [0.2, 0.25) is 0 Å². The second kappa shape index (κ2) is 6.12. The van der Waals surface area contributed by atoms with Crippen molar-refractivity contribution >= 4 is 28.6 Å². The average Bonchev–Trinajstić information content (AvgIpc) is 2.42.